The van der Waals surface area contributed by atoms with Crippen LogP contribution in [0.4, 0.5) is 0 Å². The van der Waals surface area contributed by atoms with E-state index in [4.69, 9.17) is 19.9 Å². The zero-order valence-electron chi connectivity index (χ0n) is 8.53. The minimum absolute atomic E-state index is 0.221. The molecule has 2 N–H and O–H groups in total. The molecule has 1 heterocycles. The fourth-order valence-electron chi connectivity index (χ4n) is 1.48. The van der Waals surface area contributed by atoms with Crippen molar-refractivity contribution in [2.75, 3.05) is 13.9 Å². The molecule has 0 spiro atoms. The molecule has 80 valence electrons. The van der Waals surface area contributed by atoms with E-state index in [2.05, 4.69) is 6.58 Å². The highest BCUT2D eigenvalue weighted by molar-refractivity contribution is 5.55. The average Bonchev–Trinajstić information content (AvgIpc) is 2.74. The van der Waals surface area contributed by atoms with Crippen LogP contribution in [0.15, 0.2) is 24.8 Å². The largest absolute Gasteiger partial charge is 0.493 e. The molecule has 0 saturated heterocycles. The lowest BCUT2D eigenvalue weighted by molar-refractivity contribution is 0.171. The van der Waals surface area contributed by atoms with Gasteiger partial charge in [-0.2, -0.15) is 0 Å². The van der Waals surface area contributed by atoms with Gasteiger partial charge in [0, 0.05) is 6.04 Å². The highest BCUT2D eigenvalue weighted by Gasteiger charge is 2.21. The van der Waals surface area contributed by atoms with Crippen molar-refractivity contribution in [1.82, 2.24) is 0 Å². The molecular weight excluding hydrogens is 194 g/mol. The van der Waals surface area contributed by atoms with Crippen molar-refractivity contribution in [3.63, 3.8) is 0 Å². The zero-order valence-corrected chi connectivity index (χ0v) is 8.53. The highest BCUT2D eigenvalue weighted by Crippen LogP contribution is 2.42. The van der Waals surface area contributed by atoms with Crippen LogP contribution in [-0.4, -0.2) is 13.9 Å². The van der Waals surface area contributed by atoms with Gasteiger partial charge in [0.25, 0.3) is 0 Å². The van der Waals surface area contributed by atoms with Crippen LogP contribution in [0.2, 0.25) is 0 Å². The van der Waals surface area contributed by atoms with Crippen molar-refractivity contribution in [3.8, 4) is 17.2 Å². The monoisotopic (exact) mass is 207 g/mol. The van der Waals surface area contributed by atoms with Gasteiger partial charge < -0.3 is 19.9 Å². The first-order valence-corrected chi connectivity index (χ1v) is 4.62. The summed E-state index contributed by atoms with van der Waals surface area (Å²) in [5.74, 6) is 1.94. The van der Waals surface area contributed by atoms with Gasteiger partial charge in [0.05, 0.1) is 7.11 Å². The first kappa shape index (κ1) is 9.86. The Hall–Kier alpha value is -1.68. The van der Waals surface area contributed by atoms with Crippen LogP contribution in [0.3, 0.4) is 0 Å². The van der Waals surface area contributed by atoms with Gasteiger partial charge >= 0.3 is 0 Å². The molecule has 1 aromatic carbocycles. The van der Waals surface area contributed by atoms with Crippen molar-refractivity contribution in [3.05, 3.63) is 30.4 Å². The smallest absolute Gasteiger partial charge is 0.231 e. The van der Waals surface area contributed by atoms with Crippen LogP contribution in [0.25, 0.3) is 0 Å². The van der Waals surface area contributed by atoms with Crippen molar-refractivity contribution in [2.24, 2.45) is 5.73 Å². The molecule has 15 heavy (non-hydrogen) atoms. The summed E-state index contributed by atoms with van der Waals surface area (Å²) in [6.07, 6.45) is 1.66. The summed E-state index contributed by atoms with van der Waals surface area (Å²) in [5.41, 5.74) is 6.74. The number of hydrogen-bond donors (Lipinski definition) is 1. The number of benzene rings is 1. The predicted octanol–water partition coefficient (Wildman–Crippen LogP) is 1.61. The van der Waals surface area contributed by atoms with Gasteiger partial charge in [0.15, 0.2) is 11.5 Å². The van der Waals surface area contributed by atoms with Gasteiger partial charge in [-0.15, -0.1) is 6.58 Å². The summed E-state index contributed by atoms with van der Waals surface area (Å²) in [6.45, 7) is 3.87. The van der Waals surface area contributed by atoms with Crippen LogP contribution in [0.5, 0.6) is 17.2 Å². The molecule has 0 unspecified atom stereocenters. The number of hydrogen-bond acceptors (Lipinski definition) is 4. The van der Waals surface area contributed by atoms with Crippen LogP contribution >= 0.6 is 0 Å². The lowest BCUT2D eigenvalue weighted by Gasteiger charge is -2.10. The standard InChI is InChI=1S/C11H13NO3/c1-3-8(12)7-4-9(13-2)11-10(5-7)14-6-15-11/h3-5,8H,1,6,12H2,2H3/t8-/m1/s1. The fraction of sp³-hybridized carbons (Fsp3) is 0.273. The van der Waals surface area contributed by atoms with E-state index in [9.17, 15) is 0 Å². The van der Waals surface area contributed by atoms with E-state index in [1.54, 1.807) is 13.2 Å². The minimum Gasteiger partial charge on any atom is -0.493 e. The first-order chi connectivity index (χ1) is 7.26. The summed E-state index contributed by atoms with van der Waals surface area (Å²) >= 11 is 0. The SMILES string of the molecule is C=C[C@@H](N)c1cc(OC)c2c(c1)OCO2. The van der Waals surface area contributed by atoms with E-state index >= 15 is 0 Å². The van der Waals surface area contributed by atoms with E-state index in [1.165, 1.54) is 0 Å². The number of rotatable bonds is 3. The molecule has 4 nitrogen and oxygen atoms in total. The molecule has 0 amide bonds. The lowest BCUT2D eigenvalue weighted by Crippen LogP contribution is -2.06. The molecule has 1 aliphatic heterocycles. The van der Waals surface area contributed by atoms with Gasteiger partial charge in [-0.05, 0) is 17.7 Å². The molecule has 0 fully saturated rings. The van der Waals surface area contributed by atoms with Crippen molar-refractivity contribution in [2.45, 2.75) is 6.04 Å². The number of fused-ring (bicyclic) bond motifs is 1. The van der Waals surface area contributed by atoms with Crippen LogP contribution in [-0.2, 0) is 0 Å². The van der Waals surface area contributed by atoms with Gasteiger partial charge in [-0.25, -0.2) is 0 Å². The third-order valence-electron chi connectivity index (χ3n) is 2.32. The Labute approximate surface area is 88.2 Å². The Morgan fingerprint density at radius 2 is 2.33 bits per heavy atom. The molecule has 1 atom stereocenters. The molecule has 0 aliphatic carbocycles. The van der Waals surface area contributed by atoms with Gasteiger partial charge in [0.1, 0.15) is 0 Å². The maximum Gasteiger partial charge on any atom is 0.231 e. The topological polar surface area (TPSA) is 53.7 Å². The fourth-order valence-corrected chi connectivity index (χ4v) is 1.48. The van der Waals surface area contributed by atoms with Gasteiger partial charge in [0.2, 0.25) is 12.5 Å². The predicted molar refractivity (Wildman–Crippen MR) is 56.2 cm³/mol. The van der Waals surface area contributed by atoms with Gasteiger partial charge in [-0.1, -0.05) is 6.08 Å². The number of ether oxygens (including phenoxy) is 3. The number of methoxy groups -OCH3 is 1. The van der Waals surface area contributed by atoms with Crippen molar-refractivity contribution < 1.29 is 14.2 Å². The van der Waals surface area contributed by atoms with E-state index in [0.717, 1.165) is 5.56 Å². The Morgan fingerprint density at radius 3 is 3.00 bits per heavy atom. The molecule has 0 aromatic heterocycles. The quantitative estimate of drug-likeness (QED) is 0.765. The summed E-state index contributed by atoms with van der Waals surface area (Å²) in [7, 11) is 1.58. The van der Waals surface area contributed by atoms with E-state index in [1.807, 2.05) is 12.1 Å². The lowest BCUT2D eigenvalue weighted by atomic mass is 10.1. The second-order valence-corrected chi connectivity index (χ2v) is 3.22. The Bertz CT molecular complexity index is 390. The van der Waals surface area contributed by atoms with Crippen molar-refractivity contribution in [1.29, 1.82) is 0 Å². The van der Waals surface area contributed by atoms with Crippen LogP contribution in [0, 0.1) is 0 Å². The maximum absolute atomic E-state index is 5.84. The average molecular weight is 207 g/mol. The molecule has 1 aliphatic rings. The van der Waals surface area contributed by atoms with Crippen LogP contribution in [0.1, 0.15) is 11.6 Å². The summed E-state index contributed by atoms with van der Waals surface area (Å²) in [4.78, 5) is 0. The second-order valence-electron chi connectivity index (χ2n) is 3.22. The third kappa shape index (κ3) is 1.64. The zero-order chi connectivity index (χ0) is 10.8. The minimum atomic E-state index is -0.228. The molecule has 2 rings (SSSR count). The van der Waals surface area contributed by atoms with E-state index < -0.39 is 0 Å². The first-order valence-electron chi connectivity index (χ1n) is 4.62. The van der Waals surface area contributed by atoms with Crippen LogP contribution < -0.4 is 19.9 Å². The third-order valence-corrected chi connectivity index (χ3v) is 2.32. The number of nitrogens with two attached hydrogens (primary N) is 1. The molecule has 4 heteroatoms. The Kier molecular flexibility index (Phi) is 2.51. The Morgan fingerprint density at radius 1 is 1.53 bits per heavy atom. The van der Waals surface area contributed by atoms with Gasteiger partial charge in [-0.3, -0.25) is 0 Å². The van der Waals surface area contributed by atoms with E-state index in [-0.39, 0.29) is 12.8 Å². The van der Waals surface area contributed by atoms with Crippen molar-refractivity contribution >= 4 is 0 Å². The molecule has 0 bridgehead atoms. The summed E-state index contributed by atoms with van der Waals surface area (Å²) in [5, 5.41) is 0. The molecule has 0 radical (unpaired) electrons. The summed E-state index contributed by atoms with van der Waals surface area (Å²) < 4.78 is 15.8. The normalized spacial score (nSPS) is 14.8. The highest BCUT2D eigenvalue weighted by atomic mass is 16.7. The molecule has 1 aromatic rings. The molecule has 0 saturated carbocycles. The second kappa shape index (κ2) is 3.82. The maximum atomic E-state index is 5.84. The summed E-state index contributed by atoms with van der Waals surface area (Å²) in [6, 6.07) is 3.45. The van der Waals surface area contributed by atoms with E-state index in [0.29, 0.717) is 17.2 Å². The molecular formula is C11H13NO3. The Balaban J connectivity index is 2.47.